The Morgan fingerprint density at radius 2 is 2.00 bits per heavy atom. The fourth-order valence-electron chi connectivity index (χ4n) is 6.26. The Hall–Kier alpha value is -2.24. The maximum absolute atomic E-state index is 13.4. The molecule has 0 saturated carbocycles. The van der Waals surface area contributed by atoms with Crippen LogP contribution in [0, 0.1) is 12.8 Å². The summed E-state index contributed by atoms with van der Waals surface area (Å²) < 4.78 is 6.90. The van der Waals surface area contributed by atoms with Crippen LogP contribution in [0.1, 0.15) is 59.3 Å². The third-order valence-corrected chi connectivity index (χ3v) is 8.68. The lowest BCUT2D eigenvalue weighted by Gasteiger charge is -2.56. The Bertz CT molecular complexity index is 1170. The molecule has 1 spiro atoms. The van der Waals surface area contributed by atoms with Gasteiger partial charge in [-0.25, -0.2) is 0 Å². The number of nitrogens with zero attached hydrogens (tertiary/aromatic N) is 1. The Kier molecular flexibility index (Phi) is 5.07. The van der Waals surface area contributed by atoms with E-state index in [2.05, 4.69) is 34.1 Å². The van der Waals surface area contributed by atoms with Crippen LogP contribution in [0.15, 0.2) is 42.5 Å². The van der Waals surface area contributed by atoms with Crippen LogP contribution in [0.2, 0.25) is 0 Å². The molecule has 5 heteroatoms. The van der Waals surface area contributed by atoms with Crippen molar-refractivity contribution in [3.63, 3.8) is 0 Å². The van der Waals surface area contributed by atoms with E-state index in [4.69, 9.17) is 4.74 Å². The number of nitrogens with one attached hydrogen (secondary N) is 1. The van der Waals surface area contributed by atoms with Gasteiger partial charge in [0.2, 0.25) is 5.12 Å². The van der Waals surface area contributed by atoms with Gasteiger partial charge in [0.15, 0.2) is 5.72 Å². The normalized spacial score (nSPS) is 25.0. The van der Waals surface area contributed by atoms with Crippen molar-refractivity contribution in [3.05, 3.63) is 64.8 Å². The zero-order valence-electron chi connectivity index (χ0n) is 18.7. The zero-order valence-corrected chi connectivity index (χ0v) is 19.5. The van der Waals surface area contributed by atoms with Crippen molar-refractivity contribution in [2.75, 3.05) is 13.1 Å². The molecule has 0 radical (unpaired) electrons. The molecule has 2 unspecified atom stereocenters. The van der Waals surface area contributed by atoms with Crippen LogP contribution in [-0.2, 0) is 12.2 Å². The number of thioether (sulfide) groups is 1. The number of benzene rings is 2. The summed E-state index contributed by atoms with van der Waals surface area (Å²) in [5.74, 6) is 2.19. The van der Waals surface area contributed by atoms with E-state index in [0.717, 1.165) is 53.8 Å². The van der Waals surface area contributed by atoms with Crippen LogP contribution in [0.25, 0.3) is 10.9 Å². The molecule has 6 rings (SSSR count). The summed E-state index contributed by atoms with van der Waals surface area (Å²) in [5, 5.41) is 1.24. The van der Waals surface area contributed by atoms with Crippen molar-refractivity contribution in [1.82, 2.24) is 9.88 Å². The first-order chi connectivity index (χ1) is 15.7. The number of ether oxygens (including phenoxy) is 1. The van der Waals surface area contributed by atoms with Gasteiger partial charge in [0.05, 0.1) is 5.56 Å². The van der Waals surface area contributed by atoms with Crippen molar-refractivity contribution in [2.24, 2.45) is 5.92 Å². The standard InChI is InChI=1S/C27H30N2O2S/c1-18-24(26(30)32-17-19-8-3-2-4-9-19)25-21-16-20-10-7-15-29-14-6-5-13-27(20,29)31-23(21)12-11-22(25)28-18/h2-4,8-9,11-12,20,28H,5-7,10,13-17H2,1H3. The molecule has 3 aliphatic rings. The highest BCUT2D eigenvalue weighted by Crippen LogP contribution is 2.50. The molecule has 1 aromatic heterocycles. The van der Waals surface area contributed by atoms with Crippen LogP contribution < -0.4 is 4.74 Å². The molecular weight excluding hydrogens is 416 g/mol. The fourth-order valence-corrected chi connectivity index (χ4v) is 7.15. The number of aryl methyl sites for hydroxylation is 1. The van der Waals surface area contributed by atoms with Gasteiger partial charge < -0.3 is 9.72 Å². The number of carbonyl (C=O) groups is 1. The van der Waals surface area contributed by atoms with Crippen LogP contribution in [0.3, 0.4) is 0 Å². The van der Waals surface area contributed by atoms with E-state index >= 15 is 0 Å². The van der Waals surface area contributed by atoms with Gasteiger partial charge in [-0.3, -0.25) is 9.69 Å². The van der Waals surface area contributed by atoms with Crippen LogP contribution in [0.4, 0.5) is 0 Å². The van der Waals surface area contributed by atoms with Gasteiger partial charge in [-0.1, -0.05) is 42.1 Å². The van der Waals surface area contributed by atoms with E-state index in [1.54, 1.807) is 0 Å². The highest BCUT2D eigenvalue weighted by molar-refractivity contribution is 8.13. The Labute approximate surface area is 193 Å². The summed E-state index contributed by atoms with van der Waals surface area (Å²) in [6.45, 7) is 4.33. The average molecular weight is 447 g/mol. The third kappa shape index (κ3) is 3.20. The van der Waals surface area contributed by atoms with Crippen LogP contribution >= 0.6 is 11.8 Å². The highest BCUT2D eigenvalue weighted by Gasteiger charge is 2.52. The number of fused-ring (bicyclic) bond motifs is 3. The minimum Gasteiger partial charge on any atom is -0.472 e. The van der Waals surface area contributed by atoms with Gasteiger partial charge in [-0.05, 0) is 56.7 Å². The van der Waals surface area contributed by atoms with Crippen LogP contribution in [-0.4, -0.2) is 33.8 Å². The SMILES string of the molecule is Cc1[nH]c2ccc3c(c2c1C(=O)SCc1ccccc1)CC1CCCN2CCCCC12O3. The van der Waals surface area contributed by atoms with Gasteiger partial charge in [0.1, 0.15) is 5.75 Å². The monoisotopic (exact) mass is 446 g/mol. The molecule has 2 aromatic carbocycles. The first-order valence-corrected chi connectivity index (χ1v) is 12.9. The molecule has 4 nitrogen and oxygen atoms in total. The first-order valence-electron chi connectivity index (χ1n) is 11.9. The largest absolute Gasteiger partial charge is 0.472 e. The molecule has 2 fully saturated rings. The van der Waals surface area contributed by atoms with Crippen LogP contribution in [0.5, 0.6) is 5.75 Å². The topological polar surface area (TPSA) is 45.3 Å². The van der Waals surface area contributed by atoms with Crippen molar-refractivity contribution >= 4 is 27.8 Å². The molecule has 1 N–H and O–H groups in total. The number of rotatable bonds is 3. The van der Waals surface area contributed by atoms with E-state index in [-0.39, 0.29) is 10.8 Å². The second-order valence-electron chi connectivity index (χ2n) is 9.59. The molecule has 3 aromatic rings. The lowest BCUT2D eigenvalue weighted by atomic mass is 9.74. The summed E-state index contributed by atoms with van der Waals surface area (Å²) in [7, 11) is 0. The van der Waals surface area contributed by atoms with Gasteiger partial charge in [0, 0.05) is 53.3 Å². The smallest absolute Gasteiger partial charge is 0.222 e. The molecule has 32 heavy (non-hydrogen) atoms. The van der Waals surface area contributed by atoms with E-state index in [1.807, 2.05) is 25.1 Å². The second kappa shape index (κ2) is 7.96. The summed E-state index contributed by atoms with van der Waals surface area (Å²) in [6.07, 6.45) is 7.10. The predicted octanol–water partition coefficient (Wildman–Crippen LogP) is 6.08. The maximum atomic E-state index is 13.4. The molecule has 0 bridgehead atoms. The van der Waals surface area contributed by atoms with E-state index in [9.17, 15) is 4.79 Å². The maximum Gasteiger partial charge on any atom is 0.222 e. The molecule has 166 valence electrons. The summed E-state index contributed by atoms with van der Waals surface area (Å²) in [5.41, 5.74) is 5.14. The third-order valence-electron chi connectivity index (χ3n) is 7.74. The average Bonchev–Trinajstić information content (AvgIpc) is 3.17. The fraction of sp³-hybridized carbons (Fsp3) is 0.444. The number of hydrogen-bond acceptors (Lipinski definition) is 4. The molecular formula is C27H30N2O2S. The molecule has 4 heterocycles. The molecule has 2 atom stereocenters. The number of hydrogen-bond donors (Lipinski definition) is 1. The second-order valence-corrected chi connectivity index (χ2v) is 10.5. The zero-order chi connectivity index (χ0) is 21.7. The molecule has 0 aliphatic carbocycles. The van der Waals surface area contributed by atoms with Gasteiger partial charge in [-0.15, -0.1) is 0 Å². The van der Waals surface area contributed by atoms with Gasteiger partial charge in [0.25, 0.3) is 0 Å². The number of carbonyl (C=O) groups excluding carboxylic acids is 1. The van der Waals surface area contributed by atoms with Crippen molar-refractivity contribution < 1.29 is 9.53 Å². The first kappa shape index (κ1) is 20.4. The summed E-state index contributed by atoms with van der Waals surface area (Å²) in [6, 6.07) is 14.5. The van der Waals surface area contributed by atoms with Crippen molar-refractivity contribution in [1.29, 1.82) is 0 Å². The number of aromatic amines is 1. The Morgan fingerprint density at radius 1 is 1.16 bits per heavy atom. The van der Waals surface area contributed by atoms with Gasteiger partial charge >= 0.3 is 0 Å². The van der Waals surface area contributed by atoms with E-state index < -0.39 is 0 Å². The quantitative estimate of drug-likeness (QED) is 0.530. The highest BCUT2D eigenvalue weighted by atomic mass is 32.2. The predicted molar refractivity (Wildman–Crippen MR) is 130 cm³/mol. The molecule has 0 amide bonds. The van der Waals surface area contributed by atoms with Gasteiger partial charge in [-0.2, -0.15) is 0 Å². The van der Waals surface area contributed by atoms with E-state index in [0.29, 0.717) is 11.7 Å². The number of H-pyrrole nitrogens is 1. The molecule has 3 aliphatic heterocycles. The summed E-state index contributed by atoms with van der Waals surface area (Å²) in [4.78, 5) is 19.5. The minimum atomic E-state index is -0.130. The molecule has 2 saturated heterocycles. The van der Waals surface area contributed by atoms with E-state index in [1.165, 1.54) is 48.6 Å². The van der Waals surface area contributed by atoms with Crippen molar-refractivity contribution in [2.45, 2.75) is 56.9 Å². The lowest BCUT2D eigenvalue weighted by Crippen LogP contribution is -2.64. The van der Waals surface area contributed by atoms with Crippen molar-refractivity contribution in [3.8, 4) is 5.75 Å². The number of piperidine rings is 2. The minimum absolute atomic E-state index is 0.130. The number of aromatic nitrogens is 1. The summed E-state index contributed by atoms with van der Waals surface area (Å²) >= 11 is 1.40. The lowest BCUT2D eigenvalue weighted by molar-refractivity contribution is -0.177. The Morgan fingerprint density at radius 3 is 2.88 bits per heavy atom. The Balaban J connectivity index is 1.38.